The summed E-state index contributed by atoms with van der Waals surface area (Å²) in [6.45, 7) is 5.02. The van der Waals surface area contributed by atoms with Crippen molar-refractivity contribution in [2.75, 3.05) is 6.54 Å². The zero-order valence-corrected chi connectivity index (χ0v) is 16.2. The Labute approximate surface area is 147 Å². The van der Waals surface area contributed by atoms with Crippen LogP contribution in [0.15, 0.2) is 27.1 Å². The fourth-order valence-electron chi connectivity index (χ4n) is 2.42. The van der Waals surface area contributed by atoms with Crippen molar-refractivity contribution in [1.29, 1.82) is 0 Å². The zero-order valence-electron chi connectivity index (χ0n) is 12.3. The lowest BCUT2D eigenvalue weighted by Crippen LogP contribution is -2.24. The number of hydrogen-bond donors (Lipinski definition) is 1. The molecule has 0 amide bonds. The van der Waals surface area contributed by atoms with E-state index in [1.165, 1.54) is 11.3 Å². The van der Waals surface area contributed by atoms with Gasteiger partial charge < -0.3 is 5.32 Å². The highest BCUT2D eigenvalue weighted by atomic mass is 79.9. The fourth-order valence-corrected chi connectivity index (χ4v) is 3.87. The maximum absolute atomic E-state index is 6.04. The van der Waals surface area contributed by atoms with Gasteiger partial charge in [0.05, 0.1) is 15.9 Å². The van der Waals surface area contributed by atoms with Gasteiger partial charge in [0.1, 0.15) is 0 Å². The lowest BCUT2D eigenvalue weighted by molar-refractivity contribution is 0.526. The molecule has 2 aromatic rings. The predicted octanol–water partition coefficient (Wildman–Crippen LogP) is 4.80. The molecule has 0 aliphatic rings. The second-order valence-corrected chi connectivity index (χ2v) is 7.03. The molecule has 1 aromatic heterocycles. The maximum Gasteiger partial charge on any atom is 0.0738 e. The number of nitrogens with one attached hydrogen (secondary N) is 1. The minimum absolute atomic E-state index is 0.202. The number of halogens is 3. The SMILES string of the molecule is CCNC(Cc1c(Br)c(C)nn1C)c1ccc(Cl)cc1Br. The lowest BCUT2D eigenvalue weighted by Gasteiger charge is -2.20. The Hall–Kier alpha value is -0.360. The fraction of sp³-hybridized carbons (Fsp3) is 0.400. The van der Waals surface area contributed by atoms with Crippen molar-refractivity contribution in [3.8, 4) is 0 Å². The summed E-state index contributed by atoms with van der Waals surface area (Å²) in [6.07, 6.45) is 0.853. The summed E-state index contributed by atoms with van der Waals surface area (Å²) in [6, 6.07) is 6.13. The van der Waals surface area contributed by atoms with Gasteiger partial charge in [0, 0.05) is 29.0 Å². The van der Waals surface area contributed by atoms with E-state index in [0.717, 1.165) is 32.6 Å². The van der Waals surface area contributed by atoms with Crippen LogP contribution in [0, 0.1) is 6.92 Å². The Balaban J connectivity index is 2.35. The van der Waals surface area contributed by atoms with Gasteiger partial charge in [-0.1, -0.05) is 40.5 Å². The maximum atomic E-state index is 6.04. The summed E-state index contributed by atoms with van der Waals surface area (Å²) in [5, 5.41) is 8.73. The highest BCUT2D eigenvalue weighted by Crippen LogP contribution is 2.31. The van der Waals surface area contributed by atoms with Crippen LogP contribution in [-0.4, -0.2) is 16.3 Å². The third-order valence-corrected chi connectivity index (χ3v) is 5.40. The summed E-state index contributed by atoms with van der Waals surface area (Å²) < 4.78 is 4.04. The molecule has 0 saturated heterocycles. The van der Waals surface area contributed by atoms with Gasteiger partial charge in [-0.05, 0) is 47.1 Å². The summed E-state index contributed by atoms with van der Waals surface area (Å²) in [5.74, 6) is 0. The van der Waals surface area contributed by atoms with E-state index in [1.54, 1.807) is 0 Å². The van der Waals surface area contributed by atoms with Crippen LogP contribution >= 0.6 is 43.5 Å². The number of nitrogens with zero attached hydrogens (tertiary/aromatic N) is 2. The molecule has 1 aromatic carbocycles. The summed E-state index contributed by atoms with van der Waals surface area (Å²) in [7, 11) is 1.98. The van der Waals surface area contributed by atoms with Crippen molar-refractivity contribution in [2.24, 2.45) is 7.05 Å². The molecule has 6 heteroatoms. The van der Waals surface area contributed by atoms with Crippen molar-refractivity contribution < 1.29 is 0 Å². The van der Waals surface area contributed by atoms with Gasteiger partial charge >= 0.3 is 0 Å². The molecule has 0 aliphatic heterocycles. The van der Waals surface area contributed by atoms with Crippen molar-refractivity contribution >= 4 is 43.5 Å². The van der Waals surface area contributed by atoms with Crippen molar-refractivity contribution in [3.05, 3.63) is 49.1 Å². The van der Waals surface area contributed by atoms with Gasteiger partial charge in [-0.2, -0.15) is 5.10 Å². The van der Waals surface area contributed by atoms with Crippen LogP contribution in [0.1, 0.15) is 29.9 Å². The van der Waals surface area contributed by atoms with Crippen LogP contribution in [-0.2, 0) is 13.5 Å². The number of aromatic nitrogens is 2. The van der Waals surface area contributed by atoms with E-state index < -0.39 is 0 Å². The Bertz CT molecular complexity index is 640. The highest BCUT2D eigenvalue weighted by molar-refractivity contribution is 9.10. The molecule has 3 nitrogen and oxygen atoms in total. The topological polar surface area (TPSA) is 29.9 Å². The number of likely N-dealkylation sites (N-methyl/N-ethyl adjacent to an activating group) is 1. The molecular formula is C15H18Br2ClN3. The molecule has 0 bridgehead atoms. The molecule has 0 saturated carbocycles. The number of aryl methyl sites for hydroxylation is 2. The first-order chi connectivity index (χ1) is 9.93. The normalized spacial score (nSPS) is 12.7. The molecule has 0 radical (unpaired) electrons. The van der Waals surface area contributed by atoms with E-state index in [1.807, 2.05) is 30.8 Å². The third-order valence-electron chi connectivity index (χ3n) is 3.45. The lowest BCUT2D eigenvalue weighted by atomic mass is 10.0. The average molecular weight is 436 g/mol. The standard InChI is InChI=1S/C15H18Br2ClN3/c1-4-19-13(11-6-5-10(18)7-12(11)16)8-14-15(17)9(2)20-21(14)3/h5-7,13,19H,4,8H2,1-3H3. The summed E-state index contributed by atoms with van der Waals surface area (Å²) in [4.78, 5) is 0. The molecule has 0 spiro atoms. The molecular weight excluding hydrogens is 417 g/mol. The van der Waals surface area contributed by atoms with Gasteiger partial charge in [-0.25, -0.2) is 0 Å². The molecule has 114 valence electrons. The van der Waals surface area contributed by atoms with E-state index >= 15 is 0 Å². The molecule has 21 heavy (non-hydrogen) atoms. The third kappa shape index (κ3) is 3.89. The summed E-state index contributed by atoms with van der Waals surface area (Å²) in [5.41, 5.74) is 3.39. The molecule has 0 aliphatic carbocycles. The predicted molar refractivity (Wildman–Crippen MR) is 94.9 cm³/mol. The van der Waals surface area contributed by atoms with Gasteiger partial charge in [0.25, 0.3) is 0 Å². The smallest absolute Gasteiger partial charge is 0.0738 e. The highest BCUT2D eigenvalue weighted by Gasteiger charge is 2.19. The molecule has 1 heterocycles. The first kappa shape index (κ1) is 17.0. The van der Waals surface area contributed by atoms with Crippen molar-refractivity contribution in [3.63, 3.8) is 0 Å². The van der Waals surface area contributed by atoms with E-state index in [2.05, 4.69) is 55.3 Å². The zero-order chi connectivity index (χ0) is 15.6. The molecule has 1 N–H and O–H groups in total. The van der Waals surface area contributed by atoms with Crippen LogP contribution in [0.5, 0.6) is 0 Å². The van der Waals surface area contributed by atoms with Crippen molar-refractivity contribution in [2.45, 2.75) is 26.3 Å². The van der Waals surface area contributed by atoms with Crippen LogP contribution in [0.25, 0.3) is 0 Å². The van der Waals surface area contributed by atoms with Crippen LogP contribution in [0.3, 0.4) is 0 Å². The molecule has 1 atom stereocenters. The number of rotatable bonds is 5. The first-order valence-electron chi connectivity index (χ1n) is 6.80. The van der Waals surface area contributed by atoms with Crippen molar-refractivity contribution in [1.82, 2.24) is 15.1 Å². The van der Waals surface area contributed by atoms with E-state index in [0.29, 0.717) is 0 Å². The van der Waals surface area contributed by atoms with E-state index in [4.69, 9.17) is 11.6 Å². The van der Waals surface area contributed by atoms with Crippen LogP contribution in [0.4, 0.5) is 0 Å². The van der Waals surface area contributed by atoms with E-state index in [-0.39, 0.29) is 6.04 Å². The quantitative estimate of drug-likeness (QED) is 0.731. The molecule has 2 rings (SSSR count). The molecule has 1 unspecified atom stereocenters. The Morgan fingerprint density at radius 2 is 2.10 bits per heavy atom. The van der Waals surface area contributed by atoms with Crippen LogP contribution in [0.2, 0.25) is 5.02 Å². The number of benzene rings is 1. The Morgan fingerprint density at radius 1 is 1.38 bits per heavy atom. The summed E-state index contributed by atoms with van der Waals surface area (Å²) >= 11 is 13.3. The van der Waals surface area contributed by atoms with E-state index in [9.17, 15) is 0 Å². The Kier molecular flexibility index (Phi) is 5.88. The second-order valence-electron chi connectivity index (χ2n) is 4.95. The van der Waals surface area contributed by atoms with Gasteiger partial charge in [0.2, 0.25) is 0 Å². The number of hydrogen-bond acceptors (Lipinski definition) is 2. The van der Waals surface area contributed by atoms with Crippen LogP contribution < -0.4 is 5.32 Å². The first-order valence-corrected chi connectivity index (χ1v) is 8.76. The van der Waals surface area contributed by atoms with Gasteiger partial charge in [-0.3, -0.25) is 4.68 Å². The van der Waals surface area contributed by atoms with Gasteiger partial charge in [0.15, 0.2) is 0 Å². The molecule has 0 fully saturated rings. The monoisotopic (exact) mass is 433 g/mol. The Morgan fingerprint density at radius 3 is 2.62 bits per heavy atom. The minimum atomic E-state index is 0.202. The largest absolute Gasteiger partial charge is 0.310 e. The van der Waals surface area contributed by atoms with Gasteiger partial charge in [-0.15, -0.1) is 0 Å². The second kappa shape index (κ2) is 7.27. The average Bonchev–Trinajstić information content (AvgIpc) is 2.65. The minimum Gasteiger partial charge on any atom is -0.310 e.